The second-order valence-corrected chi connectivity index (χ2v) is 7.08. The van der Waals surface area contributed by atoms with Crippen LogP contribution in [0.25, 0.3) is 0 Å². The van der Waals surface area contributed by atoms with Gasteiger partial charge in [0.2, 0.25) is 0 Å². The van der Waals surface area contributed by atoms with Gasteiger partial charge >= 0.3 is 0 Å². The number of nitrogens with two attached hydrogens (primary N) is 1. The zero-order valence-corrected chi connectivity index (χ0v) is 17.0. The van der Waals surface area contributed by atoms with Gasteiger partial charge in [-0.1, -0.05) is 38.1 Å². The van der Waals surface area contributed by atoms with Gasteiger partial charge in [0.05, 0.1) is 5.54 Å². The zero-order chi connectivity index (χ0) is 19.3. The molecule has 0 saturated heterocycles. The highest BCUT2D eigenvalue weighted by Gasteiger charge is 2.29. The van der Waals surface area contributed by atoms with Crippen LogP contribution in [0.2, 0.25) is 0 Å². The van der Waals surface area contributed by atoms with E-state index >= 15 is 0 Å². The first-order valence-corrected chi connectivity index (χ1v) is 8.76. The highest BCUT2D eigenvalue weighted by atomic mass is 35.5. The van der Waals surface area contributed by atoms with E-state index in [1.165, 1.54) is 0 Å². The summed E-state index contributed by atoms with van der Waals surface area (Å²) in [4.78, 5) is 25.0. The number of hydrogen-bond acceptors (Lipinski definition) is 3. The number of halogens is 1. The number of nitrogens with one attached hydrogen (secondary N) is 2. The lowest BCUT2D eigenvalue weighted by atomic mass is 9.88. The van der Waals surface area contributed by atoms with Crippen LogP contribution in [0.5, 0.6) is 0 Å². The average Bonchev–Trinajstić information content (AvgIpc) is 2.63. The summed E-state index contributed by atoms with van der Waals surface area (Å²) in [5.74, 6) is -0.221. The summed E-state index contributed by atoms with van der Waals surface area (Å²) in [7, 11) is 0. The predicted octanol–water partition coefficient (Wildman–Crippen LogP) is 3.77. The average molecular weight is 390 g/mol. The van der Waals surface area contributed by atoms with E-state index in [2.05, 4.69) is 10.6 Å². The minimum absolute atomic E-state index is 0. The Kier molecular flexibility index (Phi) is 8.00. The predicted molar refractivity (Wildman–Crippen MR) is 113 cm³/mol. The van der Waals surface area contributed by atoms with Gasteiger partial charge in [0.25, 0.3) is 11.8 Å². The first-order valence-electron chi connectivity index (χ1n) is 8.76. The van der Waals surface area contributed by atoms with Crippen LogP contribution in [0.4, 0.5) is 5.69 Å². The molecule has 0 bridgehead atoms. The molecule has 0 saturated carbocycles. The van der Waals surface area contributed by atoms with Crippen molar-refractivity contribution in [1.82, 2.24) is 5.32 Å². The quantitative estimate of drug-likeness (QED) is 0.703. The Labute approximate surface area is 167 Å². The number of hydrogen-bond donors (Lipinski definition) is 3. The highest BCUT2D eigenvalue weighted by Crippen LogP contribution is 2.20. The van der Waals surface area contributed by atoms with Gasteiger partial charge in [0, 0.05) is 23.4 Å². The Morgan fingerprint density at radius 1 is 1.04 bits per heavy atom. The van der Waals surface area contributed by atoms with Crippen molar-refractivity contribution in [3.05, 3.63) is 65.2 Å². The van der Waals surface area contributed by atoms with Crippen LogP contribution in [-0.4, -0.2) is 23.9 Å². The van der Waals surface area contributed by atoms with E-state index in [-0.39, 0.29) is 30.1 Å². The SMILES string of the molecule is Cc1ccc(C(=O)NC(C)(CN)C(C)C)cc1NC(=O)c1ccccc1.Cl. The van der Waals surface area contributed by atoms with Crippen molar-refractivity contribution in [2.75, 3.05) is 11.9 Å². The minimum Gasteiger partial charge on any atom is -0.345 e. The number of benzene rings is 2. The molecular weight excluding hydrogens is 362 g/mol. The number of carbonyl (C=O) groups excluding carboxylic acids is 2. The van der Waals surface area contributed by atoms with E-state index in [1.54, 1.807) is 24.3 Å². The maximum absolute atomic E-state index is 12.7. The van der Waals surface area contributed by atoms with Crippen LogP contribution in [0.1, 0.15) is 47.1 Å². The second kappa shape index (κ2) is 9.53. The van der Waals surface area contributed by atoms with E-state index in [0.717, 1.165) is 5.56 Å². The van der Waals surface area contributed by atoms with Crippen molar-refractivity contribution in [2.45, 2.75) is 33.2 Å². The second-order valence-electron chi connectivity index (χ2n) is 7.08. The third kappa shape index (κ3) is 5.55. The van der Waals surface area contributed by atoms with Crippen LogP contribution < -0.4 is 16.4 Å². The van der Waals surface area contributed by atoms with E-state index in [4.69, 9.17) is 5.73 Å². The van der Waals surface area contributed by atoms with Crippen LogP contribution in [0, 0.1) is 12.8 Å². The molecule has 2 amide bonds. The van der Waals surface area contributed by atoms with Gasteiger partial charge in [0.15, 0.2) is 0 Å². The fraction of sp³-hybridized carbons (Fsp3) is 0.333. The number of anilines is 1. The van der Waals surface area contributed by atoms with Gasteiger partial charge in [-0.15, -0.1) is 12.4 Å². The molecule has 0 spiro atoms. The molecule has 5 nitrogen and oxygen atoms in total. The molecule has 0 fully saturated rings. The van der Waals surface area contributed by atoms with Crippen molar-refractivity contribution in [1.29, 1.82) is 0 Å². The maximum atomic E-state index is 12.7. The Morgan fingerprint density at radius 3 is 2.22 bits per heavy atom. The highest BCUT2D eigenvalue weighted by molar-refractivity contribution is 6.05. The van der Waals surface area contributed by atoms with E-state index in [0.29, 0.717) is 23.4 Å². The summed E-state index contributed by atoms with van der Waals surface area (Å²) < 4.78 is 0. The fourth-order valence-corrected chi connectivity index (χ4v) is 2.44. The number of amides is 2. The summed E-state index contributed by atoms with van der Waals surface area (Å²) in [6.45, 7) is 8.21. The number of carbonyl (C=O) groups is 2. The van der Waals surface area contributed by atoms with Crippen LogP contribution in [-0.2, 0) is 0 Å². The number of aryl methyl sites for hydroxylation is 1. The molecule has 0 aromatic heterocycles. The molecule has 2 aromatic carbocycles. The fourth-order valence-electron chi connectivity index (χ4n) is 2.44. The van der Waals surface area contributed by atoms with Crippen molar-refractivity contribution in [3.8, 4) is 0 Å². The van der Waals surface area contributed by atoms with Gasteiger partial charge in [-0.3, -0.25) is 9.59 Å². The summed E-state index contributed by atoms with van der Waals surface area (Å²) in [5.41, 5.74) is 7.91. The Morgan fingerprint density at radius 2 is 1.67 bits per heavy atom. The summed E-state index contributed by atoms with van der Waals surface area (Å²) in [5, 5.41) is 5.89. The lowest BCUT2D eigenvalue weighted by Crippen LogP contribution is -2.55. The summed E-state index contributed by atoms with van der Waals surface area (Å²) in [6, 6.07) is 14.2. The Balaban J connectivity index is 0.00000364. The Hall–Kier alpha value is -2.37. The molecule has 0 heterocycles. The lowest BCUT2D eigenvalue weighted by Gasteiger charge is -2.33. The molecule has 6 heteroatoms. The molecular formula is C21H28ClN3O2. The van der Waals surface area contributed by atoms with Gasteiger partial charge in [-0.25, -0.2) is 0 Å². The lowest BCUT2D eigenvalue weighted by molar-refractivity contribution is 0.0882. The van der Waals surface area contributed by atoms with Crippen molar-refractivity contribution < 1.29 is 9.59 Å². The van der Waals surface area contributed by atoms with Gasteiger partial charge in [-0.05, 0) is 49.6 Å². The number of rotatable bonds is 6. The molecule has 146 valence electrons. The van der Waals surface area contributed by atoms with Crippen LogP contribution in [0.15, 0.2) is 48.5 Å². The van der Waals surface area contributed by atoms with Crippen LogP contribution in [0.3, 0.4) is 0 Å². The zero-order valence-electron chi connectivity index (χ0n) is 16.2. The molecule has 0 radical (unpaired) electrons. The van der Waals surface area contributed by atoms with E-state index < -0.39 is 5.54 Å². The van der Waals surface area contributed by atoms with Gasteiger partial charge < -0.3 is 16.4 Å². The molecule has 1 unspecified atom stereocenters. The monoisotopic (exact) mass is 389 g/mol. The van der Waals surface area contributed by atoms with Gasteiger partial charge in [-0.2, -0.15) is 0 Å². The van der Waals surface area contributed by atoms with E-state index in [9.17, 15) is 9.59 Å². The summed E-state index contributed by atoms with van der Waals surface area (Å²) >= 11 is 0. The van der Waals surface area contributed by atoms with Crippen LogP contribution >= 0.6 is 12.4 Å². The summed E-state index contributed by atoms with van der Waals surface area (Å²) in [6.07, 6.45) is 0. The molecule has 4 N–H and O–H groups in total. The molecule has 2 aromatic rings. The van der Waals surface area contributed by atoms with Crippen molar-refractivity contribution >= 4 is 29.9 Å². The first-order chi connectivity index (χ1) is 12.3. The molecule has 0 aliphatic rings. The van der Waals surface area contributed by atoms with Gasteiger partial charge in [0.1, 0.15) is 0 Å². The largest absolute Gasteiger partial charge is 0.345 e. The maximum Gasteiger partial charge on any atom is 0.255 e. The molecule has 0 aliphatic carbocycles. The molecule has 1 atom stereocenters. The minimum atomic E-state index is -0.491. The normalized spacial score (nSPS) is 12.7. The third-order valence-electron chi connectivity index (χ3n) is 4.88. The van der Waals surface area contributed by atoms with Crippen molar-refractivity contribution in [2.24, 2.45) is 11.7 Å². The molecule has 27 heavy (non-hydrogen) atoms. The molecule has 2 rings (SSSR count). The molecule has 0 aliphatic heterocycles. The first kappa shape index (κ1) is 22.7. The smallest absolute Gasteiger partial charge is 0.255 e. The third-order valence-corrected chi connectivity index (χ3v) is 4.88. The van der Waals surface area contributed by atoms with Crippen molar-refractivity contribution in [3.63, 3.8) is 0 Å². The standard InChI is InChI=1S/C21H27N3O2.ClH/c1-14(2)21(4,13-22)24-20(26)17-11-10-15(3)18(12-17)23-19(25)16-8-6-5-7-9-16;/h5-12,14H,13,22H2,1-4H3,(H,23,25)(H,24,26);1H. The van der Waals surface area contributed by atoms with E-state index in [1.807, 2.05) is 52.0 Å². The Bertz CT molecular complexity index is 793. The topological polar surface area (TPSA) is 84.2 Å².